The summed E-state index contributed by atoms with van der Waals surface area (Å²) in [5, 5.41) is 8.83. The van der Waals surface area contributed by atoms with Crippen LogP contribution in [0.2, 0.25) is 0 Å². The number of thiazole rings is 1. The molecule has 1 aliphatic heterocycles. The Kier molecular flexibility index (Phi) is 4.87. The Labute approximate surface area is 165 Å². The Bertz CT molecular complexity index is 1090. The summed E-state index contributed by atoms with van der Waals surface area (Å²) in [6.07, 6.45) is 1.75. The Hall–Kier alpha value is -2.77. The third-order valence-corrected chi connectivity index (χ3v) is 5.97. The fraction of sp³-hybridized carbons (Fsp3) is 0.150. The second-order valence-corrected chi connectivity index (χ2v) is 7.62. The molecule has 3 aromatic rings. The largest absolute Gasteiger partial charge is 0.307 e. The summed E-state index contributed by atoms with van der Waals surface area (Å²) in [5.41, 5.74) is 3.14. The molecule has 27 heavy (non-hydrogen) atoms. The lowest BCUT2D eigenvalue weighted by atomic mass is 10.1. The predicted molar refractivity (Wildman–Crippen MR) is 113 cm³/mol. The fourth-order valence-electron chi connectivity index (χ4n) is 3.01. The number of likely N-dealkylation sites (N-methyl/N-ethyl adjacent to an activating group) is 1. The highest BCUT2D eigenvalue weighted by molar-refractivity contribution is 7.14. The zero-order chi connectivity index (χ0) is 18.8. The van der Waals surface area contributed by atoms with Gasteiger partial charge in [-0.2, -0.15) is 5.10 Å². The van der Waals surface area contributed by atoms with E-state index < -0.39 is 0 Å². The third-order valence-electron chi connectivity index (χ3n) is 4.23. The minimum atomic E-state index is -0.0794. The standard InChI is InChI=1S/C20H18N4OS2/c1-3-11-21-20-24(16(13-27-20)17-10-7-12-26-17)22-18-14-8-5-6-9-15(14)23(4-2)19(18)25/h3,5-10,12-13H,1,4,11H2,2H3. The lowest BCUT2D eigenvalue weighted by molar-refractivity contribution is -0.112. The van der Waals surface area contributed by atoms with Crippen LogP contribution in [-0.4, -0.2) is 29.4 Å². The lowest BCUT2D eigenvalue weighted by Crippen LogP contribution is -2.30. The number of benzene rings is 1. The van der Waals surface area contributed by atoms with Crippen molar-refractivity contribution in [3.8, 4) is 10.6 Å². The summed E-state index contributed by atoms with van der Waals surface area (Å²) in [5.74, 6) is -0.0794. The molecule has 136 valence electrons. The van der Waals surface area contributed by atoms with Crippen LogP contribution in [0.3, 0.4) is 0 Å². The first kappa shape index (κ1) is 17.6. The van der Waals surface area contributed by atoms with Gasteiger partial charge < -0.3 is 4.90 Å². The molecule has 4 rings (SSSR count). The van der Waals surface area contributed by atoms with Crippen molar-refractivity contribution in [1.82, 2.24) is 4.68 Å². The van der Waals surface area contributed by atoms with E-state index in [1.54, 1.807) is 27.0 Å². The molecule has 0 saturated heterocycles. The lowest BCUT2D eigenvalue weighted by Gasteiger charge is -2.12. The highest BCUT2D eigenvalue weighted by Gasteiger charge is 2.33. The van der Waals surface area contributed by atoms with Gasteiger partial charge in [0.15, 0.2) is 5.71 Å². The highest BCUT2D eigenvalue weighted by atomic mass is 32.1. The second kappa shape index (κ2) is 7.46. The van der Waals surface area contributed by atoms with Gasteiger partial charge >= 0.3 is 0 Å². The van der Waals surface area contributed by atoms with Crippen molar-refractivity contribution in [3.63, 3.8) is 0 Å². The number of carbonyl (C=O) groups is 1. The normalized spacial score (nSPS) is 15.6. The number of nitrogens with zero attached hydrogens (tertiary/aromatic N) is 4. The Morgan fingerprint density at radius 3 is 2.78 bits per heavy atom. The molecule has 0 unspecified atom stereocenters. The molecule has 0 atom stereocenters. The van der Waals surface area contributed by atoms with Gasteiger partial charge in [-0.15, -0.1) is 29.3 Å². The van der Waals surface area contributed by atoms with Gasteiger partial charge in [0.25, 0.3) is 5.91 Å². The van der Waals surface area contributed by atoms with Crippen molar-refractivity contribution < 1.29 is 4.79 Å². The van der Waals surface area contributed by atoms with Crippen molar-refractivity contribution >= 4 is 40.0 Å². The number of amides is 1. The summed E-state index contributed by atoms with van der Waals surface area (Å²) in [6, 6.07) is 11.8. The first-order valence-electron chi connectivity index (χ1n) is 8.60. The molecule has 0 bridgehead atoms. The molecule has 0 radical (unpaired) electrons. The average molecular weight is 395 g/mol. The summed E-state index contributed by atoms with van der Waals surface area (Å²) in [4.78, 5) is 21.1. The van der Waals surface area contributed by atoms with E-state index in [1.807, 2.05) is 54.1 Å². The van der Waals surface area contributed by atoms with Crippen molar-refractivity contribution in [2.24, 2.45) is 10.1 Å². The van der Waals surface area contributed by atoms with E-state index in [4.69, 9.17) is 5.10 Å². The zero-order valence-corrected chi connectivity index (χ0v) is 16.5. The van der Waals surface area contributed by atoms with Crippen LogP contribution in [-0.2, 0) is 4.79 Å². The molecule has 1 amide bonds. The van der Waals surface area contributed by atoms with E-state index in [-0.39, 0.29) is 5.91 Å². The van der Waals surface area contributed by atoms with E-state index in [0.717, 1.165) is 26.6 Å². The maximum atomic E-state index is 13.0. The number of hydrogen-bond acceptors (Lipinski definition) is 5. The first-order valence-corrected chi connectivity index (χ1v) is 10.4. The smallest absolute Gasteiger partial charge is 0.279 e. The number of fused-ring (bicyclic) bond motifs is 1. The molecule has 5 nitrogen and oxygen atoms in total. The Balaban J connectivity index is 1.93. The van der Waals surface area contributed by atoms with Crippen LogP contribution in [0.15, 0.2) is 69.9 Å². The number of thiophene rings is 1. The second-order valence-electron chi connectivity index (χ2n) is 5.84. The van der Waals surface area contributed by atoms with Gasteiger partial charge in [-0.05, 0) is 24.4 Å². The van der Waals surface area contributed by atoms with Gasteiger partial charge in [0, 0.05) is 17.5 Å². The summed E-state index contributed by atoms with van der Waals surface area (Å²) >= 11 is 3.15. The van der Waals surface area contributed by atoms with Crippen LogP contribution in [0, 0.1) is 0 Å². The third kappa shape index (κ3) is 3.09. The van der Waals surface area contributed by atoms with E-state index in [1.165, 1.54) is 11.3 Å². The van der Waals surface area contributed by atoms with Gasteiger partial charge in [0.2, 0.25) is 4.80 Å². The number of anilines is 1. The molecular weight excluding hydrogens is 376 g/mol. The summed E-state index contributed by atoms with van der Waals surface area (Å²) in [7, 11) is 0. The molecule has 2 aromatic heterocycles. The van der Waals surface area contributed by atoms with Crippen LogP contribution in [0.4, 0.5) is 5.69 Å². The average Bonchev–Trinajstić information content (AvgIpc) is 3.40. The molecule has 1 aromatic carbocycles. The molecule has 0 aliphatic carbocycles. The monoisotopic (exact) mass is 394 g/mol. The molecular formula is C20H18N4OS2. The fourth-order valence-corrected chi connectivity index (χ4v) is 4.65. The van der Waals surface area contributed by atoms with Crippen molar-refractivity contribution in [3.05, 3.63) is 70.2 Å². The van der Waals surface area contributed by atoms with Gasteiger partial charge in [-0.25, -0.2) is 4.68 Å². The number of hydrogen-bond donors (Lipinski definition) is 0. The molecule has 7 heteroatoms. The van der Waals surface area contributed by atoms with Crippen molar-refractivity contribution in [2.75, 3.05) is 18.0 Å². The number of rotatable bonds is 5. The van der Waals surface area contributed by atoms with Crippen LogP contribution < -0.4 is 9.70 Å². The number of carbonyl (C=O) groups excluding carboxylic acids is 1. The van der Waals surface area contributed by atoms with Crippen LogP contribution in [0.5, 0.6) is 0 Å². The Morgan fingerprint density at radius 2 is 2.04 bits per heavy atom. The molecule has 0 N–H and O–H groups in total. The maximum Gasteiger partial charge on any atom is 0.279 e. The van der Waals surface area contributed by atoms with Crippen LogP contribution in [0.1, 0.15) is 12.5 Å². The van der Waals surface area contributed by atoms with Gasteiger partial charge in [0.1, 0.15) is 0 Å². The SMILES string of the molecule is C=CCN=c1scc(-c2cccs2)n1N=C1C(=O)N(CC)c2ccccc21. The van der Waals surface area contributed by atoms with Gasteiger partial charge in [-0.3, -0.25) is 9.79 Å². The molecule has 0 fully saturated rings. The quantitative estimate of drug-likeness (QED) is 0.604. The predicted octanol–water partition coefficient (Wildman–Crippen LogP) is 3.98. The summed E-state index contributed by atoms with van der Waals surface area (Å²) < 4.78 is 1.78. The van der Waals surface area contributed by atoms with E-state index in [9.17, 15) is 4.79 Å². The van der Waals surface area contributed by atoms with E-state index >= 15 is 0 Å². The van der Waals surface area contributed by atoms with Crippen LogP contribution >= 0.6 is 22.7 Å². The maximum absolute atomic E-state index is 13.0. The molecule has 0 saturated carbocycles. The highest BCUT2D eigenvalue weighted by Crippen LogP contribution is 2.30. The van der Waals surface area contributed by atoms with Crippen LogP contribution in [0.25, 0.3) is 10.6 Å². The van der Waals surface area contributed by atoms with Gasteiger partial charge in [-0.1, -0.05) is 30.3 Å². The molecule has 1 aliphatic rings. The topological polar surface area (TPSA) is 50.0 Å². The number of aromatic nitrogens is 1. The van der Waals surface area contributed by atoms with Crippen molar-refractivity contribution in [2.45, 2.75) is 6.92 Å². The number of para-hydroxylation sites is 1. The van der Waals surface area contributed by atoms with E-state index in [2.05, 4.69) is 11.6 Å². The molecule has 0 spiro atoms. The van der Waals surface area contributed by atoms with Gasteiger partial charge in [0.05, 0.1) is 22.8 Å². The minimum absolute atomic E-state index is 0.0794. The zero-order valence-electron chi connectivity index (χ0n) is 14.8. The summed E-state index contributed by atoms with van der Waals surface area (Å²) in [6.45, 7) is 6.81. The van der Waals surface area contributed by atoms with E-state index in [0.29, 0.717) is 18.8 Å². The molecule has 3 heterocycles. The Morgan fingerprint density at radius 1 is 1.19 bits per heavy atom. The van der Waals surface area contributed by atoms with Crippen molar-refractivity contribution in [1.29, 1.82) is 0 Å². The first-order chi connectivity index (χ1) is 13.2. The minimum Gasteiger partial charge on any atom is -0.307 e.